The van der Waals surface area contributed by atoms with E-state index in [1.807, 2.05) is 24.3 Å². The number of amides is 1. The summed E-state index contributed by atoms with van der Waals surface area (Å²) in [5.41, 5.74) is 0.867. The van der Waals surface area contributed by atoms with Gasteiger partial charge in [0.25, 0.3) is 10.0 Å². The Kier molecular flexibility index (Phi) is 5.96. The highest BCUT2D eigenvalue weighted by atomic mass is 79.9. The molecule has 0 saturated carbocycles. The zero-order valence-corrected chi connectivity index (χ0v) is 17.3. The van der Waals surface area contributed by atoms with Crippen molar-refractivity contribution in [1.82, 2.24) is 14.2 Å². The van der Waals surface area contributed by atoms with Crippen molar-refractivity contribution in [1.29, 1.82) is 0 Å². The number of hydrogen-bond donors (Lipinski definition) is 0. The molecule has 1 aliphatic heterocycles. The van der Waals surface area contributed by atoms with Crippen molar-refractivity contribution < 1.29 is 17.9 Å². The van der Waals surface area contributed by atoms with Gasteiger partial charge in [0.1, 0.15) is 5.01 Å². The normalized spacial score (nSPS) is 15.8. The van der Waals surface area contributed by atoms with E-state index < -0.39 is 16.1 Å². The van der Waals surface area contributed by atoms with E-state index in [1.165, 1.54) is 20.5 Å². The topological polar surface area (TPSA) is 79.8 Å². The number of piperazine rings is 1. The molecule has 1 aromatic heterocycles. The van der Waals surface area contributed by atoms with Crippen LogP contribution in [-0.2, 0) is 14.8 Å². The van der Waals surface area contributed by atoms with Gasteiger partial charge in [-0.15, -0.1) is 11.3 Å². The summed E-state index contributed by atoms with van der Waals surface area (Å²) in [5.74, 6) is 0. The second kappa shape index (κ2) is 8.03. The number of aromatic nitrogens is 1. The van der Waals surface area contributed by atoms with Gasteiger partial charge in [-0.3, -0.25) is 0 Å². The molecular weight excluding hydrogens is 442 g/mol. The minimum absolute atomic E-state index is 0.0463. The number of benzene rings is 1. The molecule has 1 saturated heterocycles. The number of thiazole rings is 1. The van der Waals surface area contributed by atoms with E-state index >= 15 is 0 Å². The number of halogens is 1. The summed E-state index contributed by atoms with van der Waals surface area (Å²) >= 11 is 4.67. The molecule has 26 heavy (non-hydrogen) atoms. The first-order valence-corrected chi connectivity index (χ1v) is 11.2. The molecule has 1 aliphatic rings. The fourth-order valence-electron chi connectivity index (χ4n) is 2.56. The standard InChI is InChI=1S/C16H18BrN3O4S2/c1-2-24-16(21)19-7-9-20(10-8-19)26(22,23)14-11-25-15(18-14)12-3-5-13(17)6-4-12/h3-6,11H,2,7-10H2,1H3. The average molecular weight is 460 g/mol. The van der Waals surface area contributed by atoms with Crippen molar-refractivity contribution in [3.05, 3.63) is 34.1 Å². The van der Waals surface area contributed by atoms with Crippen LogP contribution in [0.3, 0.4) is 0 Å². The second-order valence-electron chi connectivity index (χ2n) is 5.59. The molecule has 1 amide bonds. The van der Waals surface area contributed by atoms with Crippen molar-refractivity contribution in [3.8, 4) is 10.6 Å². The van der Waals surface area contributed by atoms with Crippen LogP contribution in [0.15, 0.2) is 39.1 Å². The molecule has 1 aromatic carbocycles. The van der Waals surface area contributed by atoms with Gasteiger partial charge >= 0.3 is 6.09 Å². The maximum Gasteiger partial charge on any atom is 0.409 e. The van der Waals surface area contributed by atoms with E-state index in [0.717, 1.165) is 10.0 Å². The first kappa shape index (κ1) is 19.3. The first-order valence-electron chi connectivity index (χ1n) is 8.05. The molecular formula is C16H18BrN3O4S2. The molecule has 140 valence electrons. The number of nitrogens with zero attached hydrogens (tertiary/aromatic N) is 3. The van der Waals surface area contributed by atoms with Gasteiger partial charge in [-0.2, -0.15) is 4.31 Å². The summed E-state index contributed by atoms with van der Waals surface area (Å²) in [5, 5.41) is 2.26. The fraction of sp³-hybridized carbons (Fsp3) is 0.375. The summed E-state index contributed by atoms with van der Waals surface area (Å²) in [6.07, 6.45) is -0.407. The molecule has 1 fully saturated rings. The van der Waals surface area contributed by atoms with Crippen molar-refractivity contribution in [2.75, 3.05) is 32.8 Å². The van der Waals surface area contributed by atoms with Crippen LogP contribution in [0.5, 0.6) is 0 Å². The maximum atomic E-state index is 12.8. The van der Waals surface area contributed by atoms with Crippen LogP contribution in [0.2, 0.25) is 0 Å². The quantitative estimate of drug-likeness (QED) is 0.701. The third-order valence-electron chi connectivity index (χ3n) is 3.94. The number of carbonyl (C=O) groups excluding carboxylic acids is 1. The van der Waals surface area contributed by atoms with Gasteiger partial charge in [-0.25, -0.2) is 18.2 Å². The van der Waals surface area contributed by atoms with Crippen molar-refractivity contribution in [3.63, 3.8) is 0 Å². The Balaban J connectivity index is 1.71. The number of sulfonamides is 1. The molecule has 3 rings (SSSR count). The largest absolute Gasteiger partial charge is 0.450 e. The lowest BCUT2D eigenvalue weighted by Crippen LogP contribution is -2.50. The Bertz CT molecular complexity index is 875. The lowest BCUT2D eigenvalue weighted by molar-refractivity contribution is 0.0934. The number of ether oxygens (including phenoxy) is 1. The zero-order valence-electron chi connectivity index (χ0n) is 14.1. The summed E-state index contributed by atoms with van der Waals surface area (Å²) in [7, 11) is -3.67. The molecule has 10 heteroatoms. The highest BCUT2D eigenvalue weighted by Gasteiger charge is 2.32. The monoisotopic (exact) mass is 459 g/mol. The van der Waals surface area contributed by atoms with Crippen molar-refractivity contribution in [2.45, 2.75) is 11.9 Å². The van der Waals surface area contributed by atoms with Crippen LogP contribution in [0.25, 0.3) is 10.6 Å². The van der Waals surface area contributed by atoms with E-state index in [-0.39, 0.29) is 18.1 Å². The van der Waals surface area contributed by atoms with Gasteiger partial charge in [-0.05, 0) is 19.1 Å². The summed E-state index contributed by atoms with van der Waals surface area (Å²) in [6.45, 7) is 3.11. The van der Waals surface area contributed by atoms with E-state index in [9.17, 15) is 13.2 Å². The Morgan fingerprint density at radius 3 is 2.50 bits per heavy atom. The summed E-state index contributed by atoms with van der Waals surface area (Å²) in [6, 6.07) is 7.55. The highest BCUT2D eigenvalue weighted by Crippen LogP contribution is 2.28. The highest BCUT2D eigenvalue weighted by molar-refractivity contribution is 9.10. The van der Waals surface area contributed by atoms with Crippen LogP contribution in [0, 0.1) is 0 Å². The number of rotatable bonds is 4. The van der Waals surface area contributed by atoms with Crippen LogP contribution < -0.4 is 0 Å². The Labute approximate surface area is 164 Å². The predicted octanol–water partition coefficient (Wildman–Crippen LogP) is 3.04. The number of hydrogen-bond acceptors (Lipinski definition) is 6. The second-order valence-corrected chi connectivity index (χ2v) is 9.25. The van der Waals surface area contributed by atoms with E-state index in [4.69, 9.17) is 4.74 Å². The predicted molar refractivity (Wildman–Crippen MR) is 103 cm³/mol. The molecule has 0 spiro atoms. The van der Waals surface area contributed by atoms with Gasteiger partial charge < -0.3 is 9.64 Å². The van der Waals surface area contributed by atoms with Crippen molar-refractivity contribution >= 4 is 43.4 Å². The number of carbonyl (C=O) groups is 1. The third kappa shape index (κ3) is 4.08. The Morgan fingerprint density at radius 2 is 1.88 bits per heavy atom. The molecule has 7 nitrogen and oxygen atoms in total. The van der Waals surface area contributed by atoms with Crippen LogP contribution in [0.1, 0.15) is 6.92 Å². The van der Waals surface area contributed by atoms with E-state index in [1.54, 1.807) is 12.3 Å². The lowest BCUT2D eigenvalue weighted by atomic mass is 10.2. The van der Waals surface area contributed by atoms with Crippen LogP contribution in [0.4, 0.5) is 4.79 Å². The lowest BCUT2D eigenvalue weighted by Gasteiger charge is -2.32. The maximum absolute atomic E-state index is 12.8. The molecule has 0 aliphatic carbocycles. The zero-order chi connectivity index (χ0) is 18.7. The van der Waals surface area contributed by atoms with Gasteiger partial charge in [0.15, 0.2) is 5.03 Å². The first-order chi connectivity index (χ1) is 12.4. The van der Waals surface area contributed by atoms with Crippen molar-refractivity contribution in [2.24, 2.45) is 0 Å². The Morgan fingerprint density at radius 1 is 1.23 bits per heavy atom. The fourth-order valence-corrected chi connectivity index (χ4v) is 5.32. The molecule has 0 bridgehead atoms. The van der Waals surface area contributed by atoms with Gasteiger partial charge in [0.2, 0.25) is 0 Å². The smallest absolute Gasteiger partial charge is 0.409 e. The van der Waals surface area contributed by atoms with E-state index in [0.29, 0.717) is 24.7 Å². The van der Waals surface area contributed by atoms with Crippen LogP contribution >= 0.6 is 27.3 Å². The van der Waals surface area contributed by atoms with Crippen LogP contribution in [-0.4, -0.2) is 61.5 Å². The molecule has 0 N–H and O–H groups in total. The van der Waals surface area contributed by atoms with E-state index in [2.05, 4.69) is 20.9 Å². The minimum atomic E-state index is -3.67. The summed E-state index contributed by atoms with van der Waals surface area (Å²) in [4.78, 5) is 17.6. The van der Waals surface area contributed by atoms with Gasteiger partial charge in [-0.1, -0.05) is 28.1 Å². The molecule has 0 atom stereocenters. The summed E-state index contributed by atoms with van der Waals surface area (Å²) < 4.78 is 32.9. The molecule has 0 unspecified atom stereocenters. The third-order valence-corrected chi connectivity index (χ3v) is 7.30. The molecule has 0 radical (unpaired) electrons. The average Bonchev–Trinajstić information content (AvgIpc) is 3.13. The SMILES string of the molecule is CCOC(=O)N1CCN(S(=O)(=O)c2csc(-c3ccc(Br)cc3)n2)CC1. The Hall–Kier alpha value is -1.49. The molecule has 2 aromatic rings. The van der Waals surface area contributed by atoms with Gasteiger partial charge in [0.05, 0.1) is 6.61 Å². The minimum Gasteiger partial charge on any atom is -0.450 e. The molecule has 2 heterocycles. The van der Waals surface area contributed by atoms with Gasteiger partial charge in [0, 0.05) is 41.6 Å².